The van der Waals surface area contributed by atoms with Gasteiger partial charge in [-0.25, -0.2) is 4.79 Å². The Morgan fingerprint density at radius 2 is 2.08 bits per heavy atom. The molecular formula is C16H29N3O4S. The van der Waals surface area contributed by atoms with Gasteiger partial charge in [-0.2, -0.15) is 11.8 Å². The van der Waals surface area contributed by atoms with Gasteiger partial charge in [-0.15, -0.1) is 0 Å². The molecule has 1 fully saturated rings. The number of nitrogens with two attached hydrogens (primary N) is 1. The molecule has 0 spiro atoms. The summed E-state index contributed by atoms with van der Waals surface area (Å²) in [6.45, 7) is 4.22. The number of hydrogen-bond donors (Lipinski definition) is 3. The average molecular weight is 359 g/mol. The van der Waals surface area contributed by atoms with Crippen LogP contribution in [0, 0.1) is 5.92 Å². The number of hydrogen-bond acceptors (Lipinski definition) is 5. The molecule has 1 heterocycles. The smallest absolute Gasteiger partial charge is 0.326 e. The number of nitrogens with zero attached hydrogens (tertiary/aromatic N) is 1. The summed E-state index contributed by atoms with van der Waals surface area (Å²) < 4.78 is 0. The standard InChI is InChI=1S/C16H29N3O4S/c1-4-10(2)13(18-14(20)11(17)7-9-24-3)15(21)19-8-5-6-12(19)16(22)23/h10-13H,4-9,17H2,1-3H3,(H,18,20)(H,22,23). The lowest BCUT2D eigenvalue weighted by molar-refractivity contribution is -0.150. The summed E-state index contributed by atoms with van der Waals surface area (Å²) in [6, 6.07) is -2.19. The van der Waals surface area contributed by atoms with Crippen molar-refractivity contribution in [1.82, 2.24) is 10.2 Å². The zero-order chi connectivity index (χ0) is 18.3. The normalized spacial score (nSPS) is 21.2. The third-order valence-corrected chi connectivity index (χ3v) is 5.21. The number of thioether (sulfide) groups is 1. The highest BCUT2D eigenvalue weighted by atomic mass is 32.2. The Morgan fingerprint density at radius 1 is 1.42 bits per heavy atom. The lowest BCUT2D eigenvalue weighted by atomic mass is 9.97. The van der Waals surface area contributed by atoms with Gasteiger partial charge in [0.25, 0.3) is 0 Å². The van der Waals surface area contributed by atoms with Gasteiger partial charge >= 0.3 is 5.97 Å². The van der Waals surface area contributed by atoms with Crippen molar-refractivity contribution >= 4 is 29.5 Å². The fourth-order valence-corrected chi connectivity index (χ4v) is 3.27. The highest BCUT2D eigenvalue weighted by Crippen LogP contribution is 2.21. The van der Waals surface area contributed by atoms with E-state index in [2.05, 4.69) is 5.32 Å². The summed E-state index contributed by atoms with van der Waals surface area (Å²) in [7, 11) is 0. The van der Waals surface area contributed by atoms with Gasteiger partial charge in [0.2, 0.25) is 11.8 Å². The Balaban J connectivity index is 2.83. The maximum atomic E-state index is 12.8. The van der Waals surface area contributed by atoms with Crippen molar-refractivity contribution in [3.63, 3.8) is 0 Å². The van der Waals surface area contributed by atoms with Crippen LogP contribution in [-0.2, 0) is 14.4 Å². The van der Waals surface area contributed by atoms with Crippen LogP contribution in [0.4, 0.5) is 0 Å². The number of carbonyl (C=O) groups is 3. The molecule has 0 aromatic rings. The minimum atomic E-state index is -0.994. The SMILES string of the molecule is CCC(C)C(NC(=O)C(N)CCSC)C(=O)N1CCCC1C(=O)O. The van der Waals surface area contributed by atoms with Crippen molar-refractivity contribution in [2.24, 2.45) is 11.7 Å². The van der Waals surface area contributed by atoms with Crippen molar-refractivity contribution in [1.29, 1.82) is 0 Å². The molecule has 1 rings (SSSR count). The molecule has 1 aliphatic heterocycles. The van der Waals surface area contributed by atoms with Crippen LogP contribution >= 0.6 is 11.8 Å². The van der Waals surface area contributed by atoms with Crippen LogP contribution in [0.15, 0.2) is 0 Å². The highest BCUT2D eigenvalue weighted by molar-refractivity contribution is 7.98. The van der Waals surface area contributed by atoms with E-state index in [0.717, 1.165) is 5.75 Å². The zero-order valence-corrected chi connectivity index (χ0v) is 15.5. The van der Waals surface area contributed by atoms with Gasteiger partial charge in [-0.05, 0) is 37.2 Å². The summed E-state index contributed by atoms with van der Waals surface area (Å²) in [5.41, 5.74) is 5.88. The molecule has 1 saturated heterocycles. The van der Waals surface area contributed by atoms with Crippen molar-refractivity contribution in [2.45, 2.75) is 57.7 Å². The molecule has 0 bridgehead atoms. The van der Waals surface area contributed by atoms with Crippen LogP contribution in [0.3, 0.4) is 0 Å². The molecule has 4 unspecified atom stereocenters. The van der Waals surface area contributed by atoms with E-state index < -0.39 is 24.1 Å². The summed E-state index contributed by atoms with van der Waals surface area (Å²) in [5.74, 6) is -0.992. The third-order valence-electron chi connectivity index (χ3n) is 4.57. The van der Waals surface area contributed by atoms with Gasteiger partial charge in [0, 0.05) is 6.54 Å². The first-order chi connectivity index (χ1) is 11.3. The summed E-state index contributed by atoms with van der Waals surface area (Å²) in [6.07, 6.45) is 4.29. The van der Waals surface area contributed by atoms with E-state index in [1.165, 1.54) is 4.90 Å². The van der Waals surface area contributed by atoms with E-state index in [-0.39, 0.29) is 17.7 Å². The monoisotopic (exact) mass is 359 g/mol. The Bertz CT molecular complexity index is 461. The van der Waals surface area contributed by atoms with E-state index in [1.54, 1.807) is 11.8 Å². The van der Waals surface area contributed by atoms with Crippen LogP contribution in [0.5, 0.6) is 0 Å². The zero-order valence-electron chi connectivity index (χ0n) is 14.7. The second kappa shape index (κ2) is 9.88. The van der Waals surface area contributed by atoms with Crippen LogP contribution in [0.1, 0.15) is 39.5 Å². The van der Waals surface area contributed by atoms with Gasteiger partial charge in [-0.3, -0.25) is 9.59 Å². The van der Waals surface area contributed by atoms with E-state index in [0.29, 0.717) is 32.2 Å². The molecule has 2 amide bonds. The predicted molar refractivity (Wildman–Crippen MR) is 94.7 cm³/mol. The van der Waals surface area contributed by atoms with E-state index in [1.807, 2.05) is 20.1 Å². The third kappa shape index (κ3) is 5.37. The quantitative estimate of drug-likeness (QED) is 0.558. The van der Waals surface area contributed by atoms with Crippen molar-refractivity contribution < 1.29 is 19.5 Å². The first kappa shape index (κ1) is 20.8. The summed E-state index contributed by atoms with van der Waals surface area (Å²) in [4.78, 5) is 37.8. The van der Waals surface area contributed by atoms with Gasteiger partial charge < -0.3 is 21.1 Å². The average Bonchev–Trinajstić information content (AvgIpc) is 3.05. The number of aliphatic carboxylic acids is 1. The Kier molecular flexibility index (Phi) is 8.55. The minimum Gasteiger partial charge on any atom is -0.480 e. The second-order valence-electron chi connectivity index (χ2n) is 6.29. The van der Waals surface area contributed by atoms with Gasteiger partial charge in [0.15, 0.2) is 0 Å². The Morgan fingerprint density at radius 3 is 2.62 bits per heavy atom. The van der Waals surface area contributed by atoms with Crippen LogP contribution in [-0.4, -0.2) is 64.5 Å². The fraction of sp³-hybridized carbons (Fsp3) is 0.812. The maximum Gasteiger partial charge on any atom is 0.326 e. The predicted octanol–water partition coefficient (Wildman–Crippen LogP) is 0.673. The number of carboxylic acids is 1. The van der Waals surface area contributed by atoms with Crippen LogP contribution < -0.4 is 11.1 Å². The number of carboxylic acid groups (broad SMARTS) is 1. The van der Waals surface area contributed by atoms with Crippen LogP contribution in [0.25, 0.3) is 0 Å². The molecule has 0 radical (unpaired) electrons. The topological polar surface area (TPSA) is 113 Å². The number of carbonyl (C=O) groups excluding carboxylic acids is 2. The molecule has 0 aromatic heterocycles. The lowest BCUT2D eigenvalue weighted by Gasteiger charge is -2.31. The first-order valence-electron chi connectivity index (χ1n) is 8.41. The van der Waals surface area contributed by atoms with Crippen molar-refractivity contribution in [2.75, 3.05) is 18.6 Å². The molecule has 1 aliphatic rings. The number of nitrogens with one attached hydrogen (secondary N) is 1. The van der Waals surface area contributed by atoms with Gasteiger partial charge in [-0.1, -0.05) is 20.3 Å². The number of likely N-dealkylation sites (tertiary alicyclic amines) is 1. The molecule has 0 saturated carbocycles. The fourth-order valence-electron chi connectivity index (χ4n) is 2.79. The molecule has 4 N–H and O–H groups in total. The minimum absolute atomic E-state index is 0.0933. The maximum absolute atomic E-state index is 12.8. The van der Waals surface area contributed by atoms with Gasteiger partial charge in [0.05, 0.1) is 6.04 Å². The molecule has 24 heavy (non-hydrogen) atoms. The van der Waals surface area contributed by atoms with E-state index in [9.17, 15) is 19.5 Å². The molecule has 4 atom stereocenters. The Labute approximate surface area is 147 Å². The first-order valence-corrected chi connectivity index (χ1v) is 9.81. The highest BCUT2D eigenvalue weighted by Gasteiger charge is 2.39. The molecule has 7 nitrogen and oxygen atoms in total. The molecule has 138 valence electrons. The summed E-state index contributed by atoms with van der Waals surface area (Å²) in [5, 5.41) is 12.0. The molecule has 0 aromatic carbocycles. The Hall–Kier alpha value is -1.28. The number of amides is 2. The molecule has 0 aliphatic carbocycles. The summed E-state index contributed by atoms with van der Waals surface area (Å²) >= 11 is 1.61. The van der Waals surface area contributed by atoms with E-state index in [4.69, 9.17) is 5.73 Å². The van der Waals surface area contributed by atoms with Crippen molar-refractivity contribution in [3.8, 4) is 0 Å². The second-order valence-corrected chi connectivity index (χ2v) is 7.27. The molecular weight excluding hydrogens is 330 g/mol. The van der Waals surface area contributed by atoms with Crippen molar-refractivity contribution in [3.05, 3.63) is 0 Å². The lowest BCUT2D eigenvalue weighted by Crippen LogP contribution is -2.56. The largest absolute Gasteiger partial charge is 0.480 e. The number of rotatable bonds is 9. The van der Waals surface area contributed by atoms with E-state index >= 15 is 0 Å². The van der Waals surface area contributed by atoms with Gasteiger partial charge in [0.1, 0.15) is 12.1 Å². The molecule has 8 heteroatoms. The van der Waals surface area contributed by atoms with Crippen LogP contribution in [0.2, 0.25) is 0 Å².